The summed E-state index contributed by atoms with van der Waals surface area (Å²) in [4.78, 5) is 12.8. The first-order valence-corrected chi connectivity index (χ1v) is 5.69. The van der Waals surface area contributed by atoms with Gasteiger partial charge in [0.25, 0.3) is 0 Å². The van der Waals surface area contributed by atoms with E-state index in [2.05, 4.69) is 4.98 Å². The molecule has 5 nitrogen and oxygen atoms in total. The lowest BCUT2D eigenvalue weighted by atomic mass is 10.3. The van der Waals surface area contributed by atoms with E-state index in [1.807, 2.05) is 0 Å². The van der Waals surface area contributed by atoms with Crippen molar-refractivity contribution in [2.75, 3.05) is 0 Å². The van der Waals surface area contributed by atoms with Crippen molar-refractivity contribution in [3.63, 3.8) is 0 Å². The fourth-order valence-electron chi connectivity index (χ4n) is 0.845. The van der Waals surface area contributed by atoms with Crippen LogP contribution in [0.2, 0.25) is 0 Å². The van der Waals surface area contributed by atoms with E-state index in [9.17, 15) is 13.2 Å². The van der Waals surface area contributed by atoms with Gasteiger partial charge >= 0.3 is 5.97 Å². The minimum Gasteiger partial charge on any atom is -0.477 e. The number of rotatable bonds is 3. The van der Waals surface area contributed by atoms with Crippen LogP contribution in [0.25, 0.3) is 0 Å². The summed E-state index contributed by atoms with van der Waals surface area (Å²) in [6.07, 6.45) is 1.30. The minimum atomic E-state index is -3.63. The third kappa shape index (κ3) is 3.08. The van der Waals surface area contributed by atoms with Crippen molar-refractivity contribution >= 4 is 25.7 Å². The zero-order valence-corrected chi connectivity index (χ0v) is 7.89. The van der Waals surface area contributed by atoms with E-state index < -0.39 is 15.0 Å². The van der Waals surface area contributed by atoms with Gasteiger partial charge in [0.1, 0.15) is 5.69 Å². The predicted octanol–water partition coefficient (Wildman–Crippen LogP) is 0.782. The van der Waals surface area contributed by atoms with Crippen LogP contribution in [-0.4, -0.2) is 24.5 Å². The highest BCUT2D eigenvalue weighted by atomic mass is 35.7. The summed E-state index contributed by atoms with van der Waals surface area (Å²) in [7, 11) is 1.34. The summed E-state index contributed by atoms with van der Waals surface area (Å²) >= 11 is 0. The fraction of sp³-hybridized carbons (Fsp3) is 0.167. The number of hydrogen-bond donors (Lipinski definition) is 2. The van der Waals surface area contributed by atoms with Gasteiger partial charge in [0.15, 0.2) is 0 Å². The first-order valence-electron chi connectivity index (χ1n) is 3.21. The first-order chi connectivity index (χ1) is 5.88. The van der Waals surface area contributed by atoms with E-state index in [1.54, 1.807) is 0 Å². The Hall–Kier alpha value is -1.01. The highest BCUT2D eigenvalue weighted by Crippen LogP contribution is 2.10. The number of halogens is 1. The van der Waals surface area contributed by atoms with Crippen LogP contribution in [-0.2, 0) is 14.8 Å². The zero-order valence-electron chi connectivity index (χ0n) is 6.32. The molecular formula is C6H6ClNO4S. The Balaban J connectivity index is 2.87. The molecule has 0 radical (unpaired) electrons. The molecule has 0 fully saturated rings. The van der Waals surface area contributed by atoms with Crippen LogP contribution in [0, 0.1) is 0 Å². The average Bonchev–Trinajstić information content (AvgIpc) is 2.31. The Labute approximate surface area is 78.8 Å². The van der Waals surface area contributed by atoms with Crippen molar-refractivity contribution < 1.29 is 18.3 Å². The number of carboxylic acid groups (broad SMARTS) is 1. The van der Waals surface area contributed by atoms with E-state index in [0.717, 1.165) is 0 Å². The molecule has 0 atom stereocenters. The van der Waals surface area contributed by atoms with Gasteiger partial charge in [0, 0.05) is 16.9 Å². The van der Waals surface area contributed by atoms with Crippen molar-refractivity contribution in [1.29, 1.82) is 0 Å². The maximum Gasteiger partial charge on any atom is 0.352 e. The number of nitrogens with one attached hydrogen (secondary N) is 1. The summed E-state index contributed by atoms with van der Waals surface area (Å²) in [5.74, 6) is -1.52. The largest absolute Gasteiger partial charge is 0.477 e. The van der Waals surface area contributed by atoms with Crippen LogP contribution in [0.15, 0.2) is 12.3 Å². The Morgan fingerprint density at radius 2 is 2.23 bits per heavy atom. The molecular weight excluding hydrogens is 218 g/mol. The third-order valence-corrected chi connectivity index (χ3v) is 2.32. The molecule has 0 aromatic carbocycles. The molecule has 2 N–H and O–H groups in total. The standard InChI is InChI=1S/C6H6ClNO4S/c7-13(11,12)3-4-1-5(6(9)10)8-2-4/h1-2,8H,3H2,(H,9,10). The molecule has 72 valence electrons. The molecule has 1 heterocycles. The number of hydrogen-bond acceptors (Lipinski definition) is 3. The van der Waals surface area contributed by atoms with Gasteiger partial charge in [-0.3, -0.25) is 0 Å². The molecule has 1 aromatic heterocycles. The lowest BCUT2D eigenvalue weighted by Gasteiger charge is -1.89. The Kier molecular flexibility index (Phi) is 2.63. The molecule has 0 bridgehead atoms. The van der Waals surface area contributed by atoms with E-state index in [1.165, 1.54) is 12.3 Å². The maximum atomic E-state index is 10.6. The molecule has 0 saturated heterocycles. The maximum absolute atomic E-state index is 10.6. The van der Waals surface area contributed by atoms with Crippen LogP contribution in [0.5, 0.6) is 0 Å². The van der Waals surface area contributed by atoms with Crippen molar-refractivity contribution in [2.24, 2.45) is 0 Å². The van der Waals surface area contributed by atoms with Crippen LogP contribution in [0.4, 0.5) is 0 Å². The average molecular weight is 224 g/mol. The normalized spacial score (nSPS) is 11.5. The molecule has 7 heteroatoms. The Morgan fingerprint density at radius 1 is 1.62 bits per heavy atom. The molecule has 0 amide bonds. The zero-order chi connectivity index (χ0) is 10.1. The number of aromatic nitrogens is 1. The monoisotopic (exact) mass is 223 g/mol. The summed E-state index contributed by atoms with van der Waals surface area (Å²) in [6.45, 7) is 0. The van der Waals surface area contributed by atoms with Crippen molar-refractivity contribution in [2.45, 2.75) is 5.75 Å². The summed E-state index contributed by atoms with van der Waals surface area (Å²) < 4.78 is 21.2. The van der Waals surface area contributed by atoms with Gasteiger partial charge in [0.05, 0.1) is 5.75 Å². The SMILES string of the molecule is O=C(O)c1cc(CS(=O)(=O)Cl)c[nH]1. The van der Waals surface area contributed by atoms with Gasteiger partial charge in [-0.05, 0) is 11.6 Å². The number of carboxylic acids is 1. The molecule has 0 unspecified atom stereocenters. The minimum absolute atomic E-state index is 0.0599. The van der Waals surface area contributed by atoms with Crippen molar-refractivity contribution in [1.82, 2.24) is 4.98 Å². The van der Waals surface area contributed by atoms with Crippen LogP contribution >= 0.6 is 10.7 Å². The van der Waals surface area contributed by atoms with Gasteiger partial charge in [-0.15, -0.1) is 0 Å². The Bertz CT molecular complexity index is 422. The summed E-state index contributed by atoms with van der Waals surface area (Å²) in [6, 6.07) is 1.22. The van der Waals surface area contributed by atoms with E-state index in [-0.39, 0.29) is 11.4 Å². The predicted molar refractivity (Wildman–Crippen MR) is 46.2 cm³/mol. The topological polar surface area (TPSA) is 87.2 Å². The number of carbonyl (C=O) groups is 1. The third-order valence-electron chi connectivity index (χ3n) is 1.31. The quantitative estimate of drug-likeness (QED) is 0.742. The van der Waals surface area contributed by atoms with E-state index in [0.29, 0.717) is 5.56 Å². The molecule has 13 heavy (non-hydrogen) atoms. The van der Waals surface area contributed by atoms with Crippen molar-refractivity contribution in [3.05, 3.63) is 23.5 Å². The first kappa shape index (κ1) is 10.1. The van der Waals surface area contributed by atoms with E-state index in [4.69, 9.17) is 15.8 Å². The lowest BCUT2D eigenvalue weighted by Crippen LogP contribution is -1.95. The van der Waals surface area contributed by atoms with Gasteiger partial charge in [-0.25, -0.2) is 13.2 Å². The van der Waals surface area contributed by atoms with E-state index >= 15 is 0 Å². The molecule has 0 aliphatic rings. The molecule has 1 rings (SSSR count). The molecule has 0 aliphatic heterocycles. The second-order valence-electron chi connectivity index (χ2n) is 2.41. The smallest absolute Gasteiger partial charge is 0.352 e. The highest BCUT2D eigenvalue weighted by molar-refractivity contribution is 8.13. The number of aromatic carboxylic acids is 1. The van der Waals surface area contributed by atoms with Gasteiger partial charge in [-0.2, -0.15) is 0 Å². The Morgan fingerprint density at radius 3 is 2.62 bits per heavy atom. The molecule has 0 spiro atoms. The highest BCUT2D eigenvalue weighted by Gasteiger charge is 2.11. The van der Waals surface area contributed by atoms with Gasteiger partial charge < -0.3 is 10.1 Å². The second-order valence-corrected chi connectivity index (χ2v) is 5.19. The van der Waals surface area contributed by atoms with Crippen LogP contribution in [0.1, 0.15) is 16.1 Å². The molecule has 0 saturated carbocycles. The van der Waals surface area contributed by atoms with Crippen LogP contribution < -0.4 is 0 Å². The summed E-state index contributed by atoms with van der Waals surface area (Å²) in [5, 5.41) is 8.48. The number of H-pyrrole nitrogens is 1. The van der Waals surface area contributed by atoms with Gasteiger partial charge in [0.2, 0.25) is 9.05 Å². The molecule has 0 aliphatic carbocycles. The summed E-state index contributed by atoms with van der Waals surface area (Å²) in [5.41, 5.74) is 0.266. The number of aromatic amines is 1. The van der Waals surface area contributed by atoms with Crippen LogP contribution in [0.3, 0.4) is 0 Å². The van der Waals surface area contributed by atoms with Crippen molar-refractivity contribution in [3.8, 4) is 0 Å². The fourth-order valence-corrected chi connectivity index (χ4v) is 1.79. The second kappa shape index (κ2) is 3.39. The van der Waals surface area contributed by atoms with Gasteiger partial charge in [-0.1, -0.05) is 0 Å². The molecule has 1 aromatic rings. The lowest BCUT2D eigenvalue weighted by molar-refractivity contribution is 0.0691.